The van der Waals surface area contributed by atoms with Gasteiger partial charge < -0.3 is 10.5 Å². The van der Waals surface area contributed by atoms with Crippen molar-refractivity contribution < 1.29 is 9.53 Å². The Balaban J connectivity index is 2.30. The molecule has 5 heteroatoms. The minimum absolute atomic E-state index is 0.0188. The number of hydrogen-bond donors (Lipinski definition) is 1. The van der Waals surface area contributed by atoms with Crippen LogP contribution in [-0.2, 0) is 16.0 Å². The molecule has 1 heterocycles. The maximum absolute atomic E-state index is 10.9. The summed E-state index contributed by atoms with van der Waals surface area (Å²) in [4.78, 5) is 15.2. The number of nitrogens with zero attached hydrogens (tertiary/aromatic N) is 1. The number of ether oxygens (including phenoxy) is 1. The SMILES string of the molecule is COC(=O)CCC(N)Cc1nc(C)cs1. The van der Waals surface area contributed by atoms with Crippen LogP contribution in [0.4, 0.5) is 0 Å². The number of hydrogen-bond acceptors (Lipinski definition) is 5. The second kappa shape index (κ2) is 5.82. The van der Waals surface area contributed by atoms with E-state index in [2.05, 4.69) is 9.72 Å². The van der Waals surface area contributed by atoms with Gasteiger partial charge in [-0.1, -0.05) is 0 Å². The Hall–Kier alpha value is -0.940. The Kier molecular flexibility index (Phi) is 4.71. The minimum Gasteiger partial charge on any atom is -0.469 e. The van der Waals surface area contributed by atoms with Crippen LogP contribution in [0.3, 0.4) is 0 Å². The zero-order chi connectivity index (χ0) is 11.3. The van der Waals surface area contributed by atoms with E-state index in [1.54, 1.807) is 11.3 Å². The highest BCUT2D eigenvalue weighted by molar-refractivity contribution is 7.09. The average molecular weight is 228 g/mol. The van der Waals surface area contributed by atoms with Crippen LogP contribution >= 0.6 is 11.3 Å². The van der Waals surface area contributed by atoms with Gasteiger partial charge in [-0.2, -0.15) is 0 Å². The van der Waals surface area contributed by atoms with Crippen molar-refractivity contribution in [3.05, 3.63) is 16.1 Å². The molecule has 0 saturated carbocycles. The van der Waals surface area contributed by atoms with E-state index in [4.69, 9.17) is 5.73 Å². The van der Waals surface area contributed by atoms with E-state index in [0.717, 1.165) is 17.1 Å². The average Bonchev–Trinajstić information content (AvgIpc) is 2.60. The lowest BCUT2D eigenvalue weighted by atomic mass is 10.1. The molecule has 0 aromatic carbocycles. The molecule has 0 aliphatic heterocycles. The smallest absolute Gasteiger partial charge is 0.305 e. The Labute approximate surface area is 93.5 Å². The van der Waals surface area contributed by atoms with Crippen molar-refractivity contribution in [1.82, 2.24) is 4.98 Å². The number of methoxy groups -OCH3 is 1. The molecule has 1 atom stereocenters. The number of aryl methyl sites for hydroxylation is 1. The molecule has 0 fully saturated rings. The summed E-state index contributed by atoms with van der Waals surface area (Å²) in [6.45, 7) is 1.96. The van der Waals surface area contributed by atoms with Crippen molar-refractivity contribution in [3.63, 3.8) is 0 Å². The number of rotatable bonds is 5. The van der Waals surface area contributed by atoms with Gasteiger partial charge in [0.1, 0.15) is 0 Å². The molecule has 84 valence electrons. The zero-order valence-corrected chi connectivity index (χ0v) is 9.84. The van der Waals surface area contributed by atoms with Crippen molar-refractivity contribution >= 4 is 17.3 Å². The third-order valence-corrected chi connectivity index (χ3v) is 3.04. The van der Waals surface area contributed by atoms with Crippen LogP contribution in [0, 0.1) is 6.92 Å². The van der Waals surface area contributed by atoms with Gasteiger partial charge in [-0.25, -0.2) is 4.98 Å². The molecule has 1 unspecified atom stereocenters. The van der Waals surface area contributed by atoms with Gasteiger partial charge in [-0.05, 0) is 13.3 Å². The number of aromatic nitrogens is 1. The summed E-state index contributed by atoms with van der Waals surface area (Å²) in [6.07, 6.45) is 1.75. The lowest BCUT2D eigenvalue weighted by Crippen LogP contribution is -2.24. The summed E-state index contributed by atoms with van der Waals surface area (Å²) >= 11 is 1.61. The molecule has 1 rings (SSSR count). The normalized spacial score (nSPS) is 12.5. The Morgan fingerprint density at radius 1 is 1.73 bits per heavy atom. The van der Waals surface area contributed by atoms with Crippen LogP contribution < -0.4 is 5.73 Å². The topological polar surface area (TPSA) is 65.2 Å². The maximum Gasteiger partial charge on any atom is 0.305 e. The molecule has 0 aliphatic rings. The molecule has 0 saturated heterocycles. The summed E-state index contributed by atoms with van der Waals surface area (Å²) in [7, 11) is 1.39. The van der Waals surface area contributed by atoms with Gasteiger partial charge in [-0.3, -0.25) is 4.79 Å². The highest BCUT2D eigenvalue weighted by Gasteiger charge is 2.09. The van der Waals surface area contributed by atoms with Crippen LogP contribution in [0.1, 0.15) is 23.5 Å². The monoisotopic (exact) mass is 228 g/mol. The fourth-order valence-corrected chi connectivity index (χ4v) is 2.09. The first-order valence-corrected chi connectivity index (χ1v) is 5.73. The minimum atomic E-state index is -0.208. The van der Waals surface area contributed by atoms with E-state index in [9.17, 15) is 4.79 Å². The lowest BCUT2D eigenvalue weighted by molar-refractivity contribution is -0.140. The van der Waals surface area contributed by atoms with Crippen LogP contribution in [0.15, 0.2) is 5.38 Å². The number of esters is 1. The fraction of sp³-hybridized carbons (Fsp3) is 0.600. The first-order chi connectivity index (χ1) is 7.11. The Bertz CT molecular complexity index is 325. The Morgan fingerprint density at radius 2 is 2.47 bits per heavy atom. The fourth-order valence-electron chi connectivity index (χ4n) is 1.23. The number of carbonyl (C=O) groups excluding carboxylic acids is 1. The molecule has 0 amide bonds. The lowest BCUT2D eigenvalue weighted by Gasteiger charge is -2.08. The number of thiazole rings is 1. The molecule has 1 aromatic heterocycles. The molecule has 0 bridgehead atoms. The Morgan fingerprint density at radius 3 is 3.00 bits per heavy atom. The van der Waals surface area contributed by atoms with Gasteiger partial charge in [0, 0.05) is 30.0 Å². The highest BCUT2D eigenvalue weighted by Crippen LogP contribution is 2.12. The predicted octanol–water partition coefficient (Wildman–Crippen LogP) is 1.27. The van der Waals surface area contributed by atoms with Crippen LogP contribution in [-0.4, -0.2) is 24.1 Å². The van der Waals surface area contributed by atoms with Crippen molar-refractivity contribution in [2.45, 2.75) is 32.2 Å². The first-order valence-electron chi connectivity index (χ1n) is 4.85. The number of carbonyl (C=O) groups is 1. The van der Waals surface area contributed by atoms with Crippen LogP contribution in [0.25, 0.3) is 0 Å². The molecule has 2 N–H and O–H groups in total. The van der Waals surface area contributed by atoms with E-state index in [1.807, 2.05) is 12.3 Å². The molecule has 0 aliphatic carbocycles. The molecule has 0 radical (unpaired) electrons. The second-order valence-electron chi connectivity index (χ2n) is 3.46. The van der Waals surface area contributed by atoms with Crippen molar-refractivity contribution in [1.29, 1.82) is 0 Å². The second-order valence-corrected chi connectivity index (χ2v) is 4.40. The predicted molar refractivity (Wildman–Crippen MR) is 59.8 cm³/mol. The van der Waals surface area contributed by atoms with E-state index in [-0.39, 0.29) is 12.0 Å². The molecule has 0 spiro atoms. The van der Waals surface area contributed by atoms with E-state index >= 15 is 0 Å². The largest absolute Gasteiger partial charge is 0.469 e. The first kappa shape index (κ1) is 12.1. The third-order valence-electron chi connectivity index (χ3n) is 2.05. The van der Waals surface area contributed by atoms with Crippen LogP contribution in [0.2, 0.25) is 0 Å². The molecule has 4 nitrogen and oxygen atoms in total. The van der Waals surface area contributed by atoms with Gasteiger partial charge >= 0.3 is 5.97 Å². The maximum atomic E-state index is 10.9. The van der Waals surface area contributed by atoms with Gasteiger partial charge in [0.2, 0.25) is 0 Å². The zero-order valence-electron chi connectivity index (χ0n) is 9.03. The van der Waals surface area contributed by atoms with Gasteiger partial charge in [0.15, 0.2) is 0 Å². The quantitative estimate of drug-likeness (QED) is 0.771. The molecule has 15 heavy (non-hydrogen) atoms. The summed E-state index contributed by atoms with van der Waals surface area (Å²) in [5.41, 5.74) is 6.90. The third kappa shape index (κ3) is 4.40. The van der Waals surface area contributed by atoms with E-state index in [0.29, 0.717) is 12.8 Å². The van der Waals surface area contributed by atoms with Gasteiger partial charge in [0.25, 0.3) is 0 Å². The highest BCUT2D eigenvalue weighted by atomic mass is 32.1. The van der Waals surface area contributed by atoms with Crippen molar-refractivity contribution in [2.75, 3.05) is 7.11 Å². The van der Waals surface area contributed by atoms with Crippen molar-refractivity contribution in [3.8, 4) is 0 Å². The van der Waals surface area contributed by atoms with Crippen LogP contribution in [0.5, 0.6) is 0 Å². The van der Waals surface area contributed by atoms with E-state index < -0.39 is 0 Å². The van der Waals surface area contributed by atoms with Gasteiger partial charge in [-0.15, -0.1) is 11.3 Å². The van der Waals surface area contributed by atoms with Crippen molar-refractivity contribution in [2.24, 2.45) is 5.73 Å². The standard InChI is InChI=1S/C10H16N2O2S/c1-7-6-15-9(12-7)5-8(11)3-4-10(13)14-2/h6,8H,3-5,11H2,1-2H3. The molecular weight excluding hydrogens is 212 g/mol. The van der Waals surface area contributed by atoms with E-state index in [1.165, 1.54) is 7.11 Å². The summed E-state index contributed by atoms with van der Waals surface area (Å²) in [6, 6.07) is -0.0188. The molecule has 1 aromatic rings. The summed E-state index contributed by atoms with van der Waals surface area (Å²) < 4.78 is 4.55. The summed E-state index contributed by atoms with van der Waals surface area (Å²) in [5, 5.41) is 3.03. The summed E-state index contributed by atoms with van der Waals surface area (Å²) in [5.74, 6) is -0.208. The molecular formula is C10H16N2O2S. The van der Waals surface area contributed by atoms with Gasteiger partial charge in [0.05, 0.1) is 12.1 Å². The number of nitrogens with two attached hydrogens (primary N) is 1.